The summed E-state index contributed by atoms with van der Waals surface area (Å²) >= 11 is 6.01. The smallest absolute Gasteiger partial charge is 0.246 e. The number of fused-ring (bicyclic) bond motifs is 1. The molecule has 1 aliphatic heterocycles. The average molecular weight is 243 g/mol. The largest absolute Gasteiger partial charge is 0.495 e. The van der Waals surface area contributed by atoms with Crippen molar-refractivity contribution in [2.24, 2.45) is 5.73 Å². The summed E-state index contributed by atoms with van der Waals surface area (Å²) in [7, 11) is 2.97. The van der Waals surface area contributed by atoms with Gasteiger partial charge in [0.25, 0.3) is 0 Å². The highest BCUT2D eigenvalue weighted by Gasteiger charge is 2.34. The Hall–Kier alpha value is -1.46. The van der Waals surface area contributed by atoms with E-state index in [0.29, 0.717) is 27.8 Å². The van der Waals surface area contributed by atoms with E-state index in [4.69, 9.17) is 26.8 Å². The predicted octanol–water partition coefficient (Wildman–Crippen LogP) is 1.31. The van der Waals surface area contributed by atoms with E-state index in [-0.39, 0.29) is 5.91 Å². The lowest BCUT2D eigenvalue weighted by atomic mass is 10.1. The van der Waals surface area contributed by atoms with Crippen LogP contribution < -0.4 is 20.5 Å². The van der Waals surface area contributed by atoms with Gasteiger partial charge in [0, 0.05) is 11.6 Å². The molecule has 1 atom stereocenters. The predicted molar refractivity (Wildman–Crippen MR) is 60.1 cm³/mol. The molecule has 1 amide bonds. The minimum atomic E-state index is -0.780. The van der Waals surface area contributed by atoms with Crippen LogP contribution in [0.5, 0.6) is 11.5 Å². The van der Waals surface area contributed by atoms with Crippen molar-refractivity contribution in [3.05, 3.63) is 16.7 Å². The van der Waals surface area contributed by atoms with Crippen molar-refractivity contribution in [3.63, 3.8) is 0 Å². The van der Waals surface area contributed by atoms with E-state index < -0.39 is 6.04 Å². The van der Waals surface area contributed by atoms with E-state index >= 15 is 0 Å². The fourth-order valence-corrected chi connectivity index (χ4v) is 2.03. The Morgan fingerprint density at radius 3 is 2.69 bits per heavy atom. The van der Waals surface area contributed by atoms with Crippen LogP contribution in [-0.2, 0) is 4.79 Å². The SMILES string of the molecule is COc1cc(Cl)c(OC)c2c1NC(=O)C2N. The van der Waals surface area contributed by atoms with Crippen molar-refractivity contribution in [3.8, 4) is 11.5 Å². The molecule has 3 N–H and O–H groups in total. The highest BCUT2D eigenvalue weighted by atomic mass is 35.5. The molecule has 1 aliphatic rings. The van der Waals surface area contributed by atoms with Crippen LogP contribution in [0.1, 0.15) is 11.6 Å². The standard InChI is InChI=1S/C10H11ClN2O3/c1-15-5-3-4(11)9(16-2)6-7(12)10(14)13-8(5)6/h3,7H,12H2,1-2H3,(H,13,14). The quantitative estimate of drug-likeness (QED) is 0.820. The summed E-state index contributed by atoms with van der Waals surface area (Å²) in [6.45, 7) is 0. The molecule has 86 valence electrons. The number of methoxy groups -OCH3 is 2. The number of ether oxygens (including phenoxy) is 2. The Balaban J connectivity index is 2.71. The summed E-state index contributed by atoms with van der Waals surface area (Å²) in [5.74, 6) is 0.583. The van der Waals surface area contributed by atoms with Crippen LogP contribution in [0, 0.1) is 0 Å². The summed E-state index contributed by atoms with van der Waals surface area (Å²) < 4.78 is 10.3. The number of nitrogens with one attached hydrogen (secondary N) is 1. The topological polar surface area (TPSA) is 73.6 Å². The maximum absolute atomic E-state index is 11.5. The van der Waals surface area contributed by atoms with E-state index in [1.54, 1.807) is 6.07 Å². The summed E-state index contributed by atoms with van der Waals surface area (Å²) in [5.41, 5.74) is 6.82. The Morgan fingerprint density at radius 2 is 2.12 bits per heavy atom. The molecule has 1 aromatic carbocycles. The molecular formula is C10H11ClN2O3. The molecule has 16 heavy (non-hydrogen) atoms. The van der Waals surface area contributed by atoms with Crippen molar-refractivity contribution in [1.82, 2.24) is 0 Å². The van der Waals surface area contributed by atoms with Gasteiger partial charge in [-0.2, -0.15) is 0 Å². The lowest BCUT2D eigenvalue weighted by Gasteiger charge is -2.13. The molecule has 1 unspecified atom stereocenters. The zero-order valence-corrected chi connectivity index (χ0v) is 9.59. The van der Waals surface area contributed by atoms with E-state index in [1.807, 2.05) is 0 Å². The van der Waals surface area contributed by atoms with Crippen molar-refractivity contribution >= 4 is 23.2 Å². The number of halogens is 1. The summed E-state index contributed by atoms with van der Waals surface area (Å²) in [6.07, 6.45) is 0. The van der Waals surface area contributed by atoms with Crippen LogP contribution in [-0.4, -0.2) is 20.1 Å². The van der Waals surface area contributed by atoms with Crippen molar-refractivity contribution < 1.29 is 14.3 Å². The summed E-state index contributed by atoms with van der Waals surface area (Å²) in [4.78, 5) is 11.5. The Kier molecular flexibility index (Phi) is 2.65. The number of carbonyl (C=O) groups is 1. The van der Waals surface area contributed by atoms with Gasteiger partial charge in [-0.3, -0.25) is 4.79 Å². The van der Waals surface area contributed by atoms with Gasteiger partial charge in [-0.05, 0) is 0 Å². The van der Waals surface area contributed by atoms with Gasteiger partial charge in [-0.1, -0.05) is 11.6 Å². The zero-order valence-electron chi connectivity index (χ0n) is 8.83. The first-order chi connectivity index (χ1) is 7.60. The maximum atomic E-state index is 11.5. The number of hydrogen-bond donors (Lipinski definition) is 2. The maximum Gasteiger partial charge on any atom is 0.246 e. The van der Waals surface area contributed by atoms with Gasteiger partial charge >= 0.3 is 0 Å². The first-order valence-electron chi connectivity index (χ1n) is 4.61. The highest BCUT2D eigenvalue weighted by molar-refractivity contribution is 6.33. The van der Waals surface area contributed by atoms with Crippen LogP contribution in [0.25, 0.3) is 0 Å². The van der Waals surface area contributed by atoms with Gasteiger partial charge in [0.1, 0.15) is 17.5 Å². The van der Waals surface area contributed by atoms with E-state index in [1.165, 1.54) is 14.2 Å². The number of hydrogen-bond acceptors (Lipinski definition) is 4. The molecule has 1 aromatic rings. The van der Waals surface area contributed by atoms with Crippen molar-refractivity contribution in [2.45, 2.75) is 6.04 Å². The van der Waals surface area contributed by atoms with Gasteiger partial charge in [-0.15, -0.1) is 0 Å². The van der Waals surface area contributed by atoms with Crippen molar-refractivity contribution in [2.75, 3.05) is 19.5 Å². The molecule has 0 saturated heterocycles. The normalized spacial score (nSPS) is 18.0. The Bertz CT molecular complexity index is 462. The van der Waals surface area contributed by atoms with Gasteiger partial charge in [0.15, 0.2) is 0 Å². The third-order valence-electron chi connectivity index (χ3n) is 2.50. The monoisotopic (exact) mass is 242 g/mol. The number of rotatable bonds is 2. The molecule has 0 aliphatic carbocycles. The first kappa shape index (κ1) is 11.0. The zero-order chi connectivity index (χ0) is 11.9. The minimum Gasteiger partial charge on any atom is -0.495 e. The van der Waals surface area contributed by atoms with Crippen LogP contribution >= 0.6 is 11.6 Å². The molecule has 0 saturated carbocycles. The second-order valence-electron chi connectivity index (χ2n) is 3.35. The van der Waals surface area contributed by atoms with Crippen LogP contribution in [0.15, 0.2) is 6.07 Å². The fourth-order valence-electron chi connectivity index (χ4n) is 1.75. The van der Waals surface area contributed by atoms with Gasteiger partial charge in [-0.25, -0.2) is 0 Å². The van der Waals surface area contributed by atoms with E-state index in [9.17, 15) is 4.79 Å². The number of nitrogens with two attached hydrogens (primary N) is 1. The lowest BCUT2D eigenvalue weighted by Crippen LogP contribution is -2.19. The molecule has 0 radical (unpaired) electrons. The minimum absolute atomic E-state index is 0.297. The molecule has 6 heteroatoms. The Labute approximate surface area is 97.5 Å². The van der Waals surface area contributed by atoms with Crippen LogP contribution in [0.3, 0.4) is 0 Å². The van der Waals surface area contributed by atoms with Crippen LogP contribution in [0.4, 0.5) is 5.69 Å². The molecule has 2 rings (SSSR count). The molecule has 0 bridgehead atoms. The van der Waals surface area contributed by atoms with E-state index in [2.05, 4.69) is 5.32 Å². The molecule has 5 nitrogen and oxygen atoms in total. The average Bonchev–Trinajstić information content (AvgIpc) is 2.56. The molecule has 0 spiro atoms. The summed E-state index contributed by atoms with van der Waals surface area (Å²) in [6, 6.07) is 0.801. The molecular weight excluding hydrogens is 232 g/mol. The third-order valence-corrected chi connectivity index (χ3v) is 2.78. The molecule has 0 aromatic heterocycles. The lowest BCUT2D eigenvalue weighted by molar-refractivity contribution is -0.116. The molecule has 1 heterocycles. The number of benzene rings is 1. The van der Waals surface area contributed by atoms with Gasteiger partial charge in [0.2, 0.25) is 5.91 Å². The number of amides is 1. The second kappa shape index (κ2) is 3.84. The van der Waals surface area contributed by atoms with Gasteiger partial charge in [0.05, 0.1) is 24.9 Å². The highest BCUT2D eigenvalue weighted by Crippen LogP contribution is 2.46. The second-order valence-corrected chi connectivity index (χ2v) is 3.76. The van der Waals surface area contributed by atoms with Crippen LogP contribution in [0.2, 0.25) is 5.02 Å². The van der Waals surface area contributed by atoms with E-state index in [0.717, 1.165) is 0 Å². The first-order valence-corrected chi connectivity index (χ1v) is 4.98. The number of anilines is 1. The summed E-state index contributed by atoms with van der Waals surface area (Å²) in [5, 5.41) is 3.01. The van der Waals surface area contributed by atoms with Crippen molar-refractivity contribution in [1.29, 1.82) is 0 Å². The number of carbonyl (C=O) groups excluding carboxylic acids is 1. The third kappa shape index (κ3) is 1.40. The molecule has 0 fully saturated rings. The Morgan fingerprint density at radius 1 is 1.44 bits per heavy atom. The van der Waals surface area contributed by atoms with Gasteiger partial charge < -0.3 is 20.5 Å². The fraction of sp³-hybridized carbons (Fsp3) is 0.300.